The molecule has 0 spiro atoms. The molecule has 0 radical (unpaired) electrons. The number of anilines is 1. The van der Waals surface area contributed by atoms with E-state index in [9.17, 15) is 10.1 Å². The molecule has 1 aromatic heterocycles. The molecule has 0 saturated carbocycles. The zero-order chi connectivity index (χ0) is 22.8. The number of fused-ring (bicyclic) bond motifs is 1. The van der Waals surface area contributed by atoms with E-state index in [4.69, 9.17) is 21.3 Å². The summed E-state index contributed by atoms with van der Waals surface area (Å²) in [5, 5.41) is 13.2. The quantitative estimate of drug-likeness (QED) is 0.567. The van der Waals surface area contributed by atoms with Crippen molar-refractivity contribution in [3.63, 3.8) is 0 Å². The minimum Gasteiger partial charge on any atom is -0.495 e. The van der Waals surface area contributed by atoms with Crippen molar-refractivity contribution in [2.24, 2.45) is 11.3 Å². The average molecular weight is 458 g/mol. The molecular weight excluding hydrogens is 430 g/mol. The minimum atomic E-state index is -0.426. The van der Waals surface area contributed by atoms with Crippen molar-refractivity contribution in [1.82, 2.24) is 4.98 Å². The SMILES string of the molecule is COc1ccc(NC(=O)C(C)Sc2nc3c(cc2C#N)CC(C(C)(C)C)CC3)cc1Cl. The maximum atomic E-state index is 12.7. The van der Waals surface area contributed by atoms with E-state index in [1.165, 1.54) is 11.8 Å². The Hall–Kier alpha value is -2.23. The molecule has 1 heterocycles. The van der Waals surface area contributed by atoms with Crippen LogP contribution in [0.1, 0.15) is 50.9 Å². The molecule has 3 rings (SSSR count). The Morgan fingerprint density at radius 3 is 2.74 bits per heavy atom. The second-order valence-corrected chi connectivity index (χ2v) is 10.7. The maximum absolute atomic E-state index is 12.7. The fourth-order valence-electron chi connectivity index (χ4n) is 3.76. The van der Waals surface area contributed by atoms with E-state index in [-0.39, 0.29) is 11.3 Å². The van der Waals surface area contributed by atoms with Crippen LogP contribution < -0.4 is 10.1 Å². The van der Waals surface area contributed by atoms with E-state index >= 15 is 0 Å². The summed E-state index contributed by atoms with van der Waals surface area (Å²) in [7, 11) is 1.54. The third kappa shape index (κ3) is 5.53. The molecule has 164 valence electrons. The van der Waals surface area contributed by atoms with Gasteiger partial charge in [0.05, 0.1) is 22.9 Å². The molecule has 2 aromatic rings. The van der Waals surface area contributed by atoms with Gasteiger partial charge in [0.25, 0.3) is 0 Å². The minimum absolute atomic E-state index is 0.178. The maximum Gasteiger partial charge on any atom is 0.237 e. The number of thioether (sulfide) groups is 1. The van der Waals surface area contributed by atoms with Crippen LogP contribution in [0.2, 0.25) is 5.02 Å². The molecule has 2 atom stereocenters. The zero-order valence-corrected chi connectivity index (χ0v) is 20.2. The van der Waals surface area contributed by atoms with Crippen LogP contribution in [-0.4, -0.2) is 23.3 Å². The van der Waals surface area contributed by atoms with Crippen molar-refractivity contribution in [3.8, 4) is 11.8 Å². The predicted molar refractivity (Wildman–Crippen MR) is 126 cm³/mol. The van der Waals surface area contributed by atoms with Gasteiger partial charge in [-0.25, -0.2) is 4.98 Å². The lowest BCUT2D eigenvalue weighted by molar-refractivity contribution is -0.115. The number of carbonyl (C=O) groups is 1. The normalized spacial score (nSPS) is 16.7. The third-order valence-electron chi connectivity index (χ3n) is 5.77. The number of hydrogen-bond acceptors (Lipinski definition) is 5. The molecule has 1 aliphatic rings. The van der Waals surface area contributed by atoms with E-state index in [1.807, 2.05) is 13.0 Å². The van der Waals surface area contributed by atoms with Crippen molar-refractivity contribution in [1.29, 1.82) is 5.26 Å². The van der Waals surface area contributed by atoms with Crippen molar-refractivity contribution in [3.05, 3.63) is 46.1 Å². The van der Waals surface area contributed by atoms with Gasteiger partial charge in [-0.2, -0.15) is 5.26 Å². The zero-order valence-electron chi connectivity index (χ0n) is 18.6. The molecule has 7 heteroatoms. The van der Waals surface area contributed by atoms with Crippen LogP contribution in [0.25, 0.3) is 0 Å². The molecule has 0 fully saturated rings. The number of ether oxygens (including phenoxy) is 1. The lowest BCUT2D eigenvalue weighted by Crippen LogP contribution is -2.27. The van der Waals surface area contributed by atoms with Gasteiger partial charge in [-0.3, -0.25) is 4.79 Å². The van der Waals surface area contributed by atoms with Crippen molar-refractivity contribution in [2.75, 3.05) is 12.4 Å². The Kier molecular flexibility index (Phi) is 7.18. The Balaban J connectivity index is 1.74. The number of aryl methyl sites for hydroxylation is 1. The van der Waals surface area contributed by atoms with E-state index in [1.54, 1.807) is 25.3 Å². The first-order valence-electron chi connectivity index (χ1n) is 10.4. The number of aromatic nitrogens is 1. The highest BCUT2D eigenvalue weighted by Crippen LogP contribution is 2.38. The highest BCUT2D eigenvalue weighted by Gasteiger charge is 2.30. The summed E-state index contributed by atoms with van der Waals surface area (Å²) >= 11 is 7.45. The Labute approximate surface area is 193 Å². The van der Waals surface area contributed by atoms with Crippen LogP contribution in [-0.2, 0) is 17.6 Å². The molecule has 1 aliphatic carbocycles. The van der Waals surface area contributed by atoms with Gasteiger partial charge >= 0.3 is 0 Å². The topological polar surface area (TPSA) is 75.0 Å². The molecule has 1 amide bonds. The summed E-state index contributed by atoms with van der Waals surface area (Å²) in [6, 6.07) is 9.33. The molecule has 31 heavy (non-hydrogen) atoms. The van der Waals surface area contributed by atoms with Gasteiger partial charge < -0.3 is 10.1 Å². The summed E-state index contributed by atoms with van der Waals surface area (Å²) in [5.74, 6) is 0.947. The smallest absolute Gasteiger partial charge is 0.237 e. The Morgan fingerprint density at radius 2 is 2.13 bits per heavy atom. The summed E-state index contributed by atoms with van der Waals surface area (Å²) in [4.78, 5) is 17.5. The monoisotopic (exact) mass is 457 g/mol. The number of amides is 1. The number of nitrogens with zero attached hydrogens (tertiary/aromatic N) is 2. The fourth-order valence-corrected chi connectivity index (χ4v) is 4.92. The molecule has 0 aliphatic heterocycles. The molecule has 0 saturated heterocycles. The van der Waals surface area contributed by atoms with E-state index in [2.05, 4.69) is 32.2 Å². The Morgan fingerprint density at radius 1 is 1.39 bits per heavy atom. The number of hydrogen-bond donors (Lipinski definition) is 1. The molecule has 2 unspecified atom stereocenters. The number of rotatable bonds is 5. The van der Waals surface area contributed by atoms with Crippen LogP contribution in [0.3, 0.4) is 0 Å². The molecule has 5 nitrogen and oxygen atoms in total. The number of nitrogens with one attached hydrogen (secondary N) is 1. The summed E-state index contributed by atoms with van der Waals surface area (Å²) in [5.41, 5.74) is 3.57. The first kappa shape index (κ1) is 23.4. The summed E-state index contributed by atoms with van der Waals surface area (Å²) in [6.45, 7) is 8.61. The van der Waals surface area contributed by atoms with Gasteiger partial charge in [0.1, 0.15) is 16.8 Å². The number of benzene rings is 1. The van der Waals surface area contributed by atoms with E-state index < -0.39 is 5.25 Å². The molecule has 1 N–H and O–H groups in total. The van der Waals surface area contributed by atoms with Gasteiger partial charge in [0.15, 0.2) is 0 Å². The number of nitriles is 1. The van der Waals surface area contributed by atoms with E-state index in [0.717, 1.165) is 30.5 Å². The molecular formula is C24H28ClN3O2S. The highest BCUT2D eigenvalue weighted by atomic mass is 35.5. The first-order valence-corrected chi connectivity index (χ1v) is 11.6. The largest absolute Gasteiger partial charge is 0.495 e. The molecule has 0 bridgehead atoms. The van der Waals surface area contributed by atoms with Gasteiger partial charge in [-0.15, -0.1) is 0 Å². The third-order valence-corrected chi connectivity index (χ3v) is 7.17. The number of pyridine rings is 1. The van der Waals surface area contributed by atoms with Gasteiger partial charge in [-0.05, 0) is 67.3 Å². The fraction of sp³-hybridized carbons (Fsp3) is 0.458. The lowest BCUT2D eigenvalue weighted by Gasteiger charge is -2.34. The van der Waals surface area contributed by atoms with Crippen molar-refractivity contribution in [2.45, 2.75) is 57.2 Å². The lowest BCUT2D eigenvalue weighted by atomic mass is 9.71. The standard InChI is InChI=1S/C24H28ClN3O2S/c1-14(22(29)27-18-7-9-21(30-5)19(25)12-18)31-23-16(13-26)10-15-11-17(24(2,3)4)6-8-20(15)28-23/h7,9-10,12,14,17H,6,8,11H2,1-5H3,(H,27,29). The van der Waals surface area contributed by atoms with E-state index in [0.29, 0.717) is 33.0 Å². The van der Waals surface area contributed by atoms with Gasteiger partial charge in [0.2, 0.25) is 5.91 Å². The second kappa shape index (κ2) is 9.50. The van der Waals surface area contributed by atoms with Crippen molar-refractivity contribution < 1.29 is 9.53 Å². The number of halogens is 1. The number of carbonyl (C=O) groups excluding carboxylic acids is 1. The average Bonchev–Trinajstić information content (AvgIpc) is 2.72. The van der Waals surface area contributed by atoms with Crippen LogP contribution in [0.5, 0.6) is 5.75 Å². The van der Waals surface area contributed by atoms with Crippen LogP contribution in [0.4, 0.5) is 5.69 Å². The molecule has 1 aromatic carbocycles. The summed E-state index contributed by atoms with van der Waals surface area (Å²) < 4.78 is 5.14. The van der Waals surface area contributed by atoms with Crippen LogP contribution >= 0.6 is 23.4 Å². The Bertz CT molecular complexity index is 1030. The highest BCUT2D eigenvalue weighted by molar-refractivity contribution is 8.00. The predicted octanol–water partition coefficient (Wildman–Crippen LogP) is 5.89. The first-order chi connectivity index (χ1) is 14.6. The van der Waals surface area contributed by atoms with Crippen LogP contribution in [0.15, 0.2) is 29.3 Å². The van der Waals surface area contributed by atoms with Crippen LogP contribution in [0, 0.1) is 22.7 Å². The van der Waals surface area contributed by atoms with Gasteiger partial charge in [-0.1, -0.05) is 44.1 Å². The van der Waals surface area contributed by atoms with Crippen molar-refractivity contribution >= 4 is 35.0 Å². The summed E-state index contributed by atoms with van der Waals surface area (Å²) in [6.07, 6.45) is 2.94. The van der Waals surface area contributed by atoms with Gasteiger partial charge in [0, 0.05) is 11.4 Å². The number of methoxy groups -OCH3 is 1. The second-order valence-electron chi connectivity index (χ2n) is 8.96.